The molecule has 0 aliphatic rings. The minimum absolute atomic E-state index is 0.129. The van der Waals surface area contributed by atoms with E-state index in [1.165, 1.54) is 83.5 Å². The van der Waals surface area contributed by atoms with E-state index < -0.39 is 0 Å². The first kappa shape index (κ1) is 18.7. The Hall–Kier alpha value is 0.690. The summed E-state index contributed by atoms with van der Waals surface area (Å²) in [6, 6.07) is 0. The van der Waals surface area contributed by atoms with E-state index >= 15 is 0 Å². The number of hydrogen-bond donors (Lipinski definition) is 1. The highest BCUT2D eigenvalue weighted by Gasteiger charge is 1.97. The molecule has 0 aliphatic heterocycles. The number of rotatable bonds is 14. The molecule has 0 aromatic heterocycles. The predicted molar refractivity (Wildman–Crippen MR) is 90.3 cm³/mol. The summed E-state index contributed by atoms with van der Waals surface area (Å²) >= 11 is 2.09. The number of aliphatic hydroxyl groups is 1. The van der Waals surface area contributed by atoms with Gasteiger partial charge in [-0.05, 0) is 6.42 Å². The monoisotopic (exact) mass is 368 g/mol. The van der Waals surface area contributed by atoms with Crippen molar-refractivity contribution in [1.82, 2.24) is 0 Å². The van der Waals surface area contributed by atoms with Crippen molar-refractivity contribution >= 4 is 22.6 Å². The van der Waals surface area contributed by atoms with Crippen LogP contribution in [-0.2, 0) is 0 Å². The number of hydrogen-bond acceptors (Lipinski definition) is 1. The van der Waals surface area contributed by atoms with Gasteiger partial charge in [0.15, 0.2) is 0 Å². The minimum atomic E-state index is -0.129. The lowest BCUT2D eigenvalue weighted by molar-refractivity contribution is 0.263. The molecular weight excluding hydrogens is 335 g/mol. The molecule has 1 unspecified atom stereocenters. The quantitative estimate of drug-likeness (QED) is 0.219. The highest BCUT2D eigenvalue weighted by atomic mass is 127. The van der Waals surface area contributed by atoms with Gasteiger partial charge >= 0.3 is 0 Å². The van der Waals surface area contributed by atoms with Crippen molar-refractivity contribution in [3.05, 3.63) is 0 Å². The van der Waals surface area contributed by atoms with Crippen molar-refractivity contribution in [2.45, 2.75) is 101 Å². The van der Waals surface area contributed by atoms with Crippen molar-refractivity contribution < 1.29 is 5.11 Å². The number of aliphatic hydroxyl groups excluding tert-OH is 1. The van der Waals surface area contributed by atoms with E-state index in [2.05, 4.69) is 29.5 Å². The van der Waals surface area contributed by atoms with E-state index in [0.29, 0.717) is 0 Å². The van der Waals surface area contributed by atoms with Crippen molar-refractivity contribution in [3.8, 4) is 0 Å². The summed E-state index contributed by atoms with van der Waals surface area (Å²) in [6.07, 6.45) is 19.1. The van der Waals surface area contributed by atoms with Gasteiger partial charge in [-0.2, -0.15) is 0 Å². The van der Waals surface area contributed by atoms with Crippen LogP contribution in [0.25, 0.3) is 0 Å². The van der Waals surface area contributed by atoms with Gasteiger partial charge in [-0.1, -0.05) is 113 Å². The van der Waals surface area contributed by atoms with Gasteiger partial charge in [0, 0.05) is 0 Å². The van der Waals surface area contributed by atoms with Gasteiger partial charge in [-0.15, -0.1) is 0 Å². The van der Waals surface area contributed by atoms with Gasteiger partial charge in [-0.25, -0.2) is 0 Å². The molecule has 0 saturated heterocycles. The Kier molecular flexibility index (Phi) is 16.4. The van der Waals surface area contributed by atoms with Crippen LogP contribution in [0.3, 0.4) is 0 Å². The summed E-state index contributed by atoms with van der Waals surface area (Å²) in [5, 5.41) is 9.12. The molecule has 18 heavy (non-hydrogen) atoms. The maximum Gasteiger partial charge on any atom is 0.105 e. The zero-order valence-corrected chi connectivity index (χ0v) is 14.5. The summed E-state index contributed by atoms with van der Waals surface area (Å²) < 4.78 is -0.129. The maximum atomic E-state index is 9.12. The molecule has 1 nitrogen and oxygen atoms in total. The van der Waals surface area contributed by atoms with E-state index in [0.717, 1.165) is 6.42 Å². The van der Waals surface area contributed by atoms with E-state index in [1.54, 1.807) is 0 Å². The summed E-state index contributed by atoms with van der Waals surface area (Å²) in [5.74, 6) is 0. The van der Waals surface area contributed by atoms with E-state index in [1.807, 2.05) is 0 Å². The second kappa shape index (κ2) is 15.7. The predicted octanol–water partition coefficient (Wildman–Crippen LogP) is 6.22. The van der Waals surface area contributed by atoms with Crippen LogP contribution in [-0.4, -0.2) is 9.22 Å². The molecule has 0 aliphatic carbocycles. The third-order valence-corrected chi connectivity index (χ3v) is 4.17. The molecule has 0 rings (SSSR count). The average molecular weight is 368 g/mol. The van der Waals surface area contributed by atoms with Gasteiger partial charge in [0.25, 0.3) is 0 Å². The first-order valence-electron chi connectivity index (χ1n) is 8.09. The Morgan fingerprint density at radius 2 is 1.00 bits per heavy atom. The zero-order valence-electron chi connectivity index (χ0n) is 12.3. The molecule has 0 saturated carbocycles. The number of unbranched alkanes of at least 4 members (excludes halogenated alkanes) is 12. The Bertz CT molecular complexity index is 148. The molecule has 0 heterocycles. The van der Waals surface area contributed by atoms with Crippen LogP contribution < -0.4 is 0 Å². The van der Waals surface area contributed by atoms with Crippen molar-refractivity contribution in [2.24, 2.45) is 0 Å². The molecule has 110 valence electrons. The van der Waals surface area contributed by atoms with Crippen LogP contribution in [0.5, 0.6) is 0 Å². The zero-order chi connectivity index (χ0) is 13.5. The standard InChI is InChI=1S/C16H33IO/c1-2-3-4-5-6-7-8-9-10-11-12-13-14-15-16(17)18/h16,18H,2-15H2,1H3. The molecule has 0 radical (unpaired) electrons. The van der Waals surface area contributed by atoms with Crippen LogP contribution in [0.4, 0.5) is 0 Å². The van der Waals surface area contributed by atoms with Crippen LogP contribution >= 0.6 is 22.6 Å². The molecule has 0 aromatic carbocycles. The molecule has 1 atom stereocenters. The van der Waals surface area contributed by atoms with E-state index in [9.17, 15) is 0 Å². The molecule has 0 fully saturated rings. The number of alkyl halides is 1. The fourth-order valence-corrected chi connectivity index (χ4v) is 2.77. The van der Waals surface area contributed by atoms with Crippen LogP contribution in [0.15, 0.2) is 0 Å². The van der Waals surface area contributed by atoms with Crippen molar-refractivity contribution in [1.29, 1.82) is 0 Å². The van der Waals surface area contributed by atoms with Crippen LogP contribution in [0.2, 0.25) is 0 Å². The first-order valence-corrected chi connectivity index (χ1v) is 9.34. The molecule has 2 heteroatoms. The van der Waals surface area contributed by atoms with Crippen molar-refractivity contribution in [2.75, 3.05) is 0 Å². The second-order valence-corrected chi connectivity index (χ2v) is 6.90. The van der Waals surface area contributed by atoms with Gasteiger partial charge in [0.05, 0.1) is 0 Å². The second-order valence-electron chi connectivity index (χ2n) is 5.47. The molecule has 0 spiro atoms. The first-order chi connectivity index (χ1) is 8.77. The number of halogens is 1. The molecule has 0 bridgehead atoms. The summed E-state index contributed by atoms with van der Waals surface area (Å²) in [6.45, 7) is 2.28. The van der Waals surface area contributed by atoms with Gasteiger partial charge < -0.3 is 5.11 Å². The largest absolute Gasteiger partial charge is 0.383 e. The third kappa shape index (κ3) is 16.7. The molecule has 0 amide bonds. The topological polar surface area (TPSA) is 20.2 Å². The minimum Gasteiger partial charge on any atom is -0.383 e. The van der Waals surface area contributed by atoms with Gasteiger partial charge in [0.1, 0.15) is 4.11 Å². The third-order valence-electron chi connectivity index (χ3n) is 3.55. The van der Waals surface area contributed by atoms with Crippen LogP contribution in [0, 0.1) is 0 Å². The SMILES string of the molecule is CCCCCCCCCCCCCCCC(O)I. The Balaban J connectivity index is 2.90. The van der Waals surface area contributed by atoms with Crippen LogP contribution in [0.1, 0.15) is 96.8 Å². The summed E-state index contributed by atoms with van der Waals surface area (Å²) in [7, 11) is 0. The Morgan fingerprint density at radius 1 is 0.667 bits per heavy atom. The van der Waals surface area contributed by atoms with Gasteiger partial charge in [0.2, 0.25) is 0 Å². The normalized spacial score (nSPS) is 12.8. The summed E-state index contributed by atoms with van der Waals surface area (Å²) in [5.41, 5.74) is 0. The lowest BCUT2D eigenvalue weighted by atomic mass is 10.0. The highest BCUT2D eigenvalue weighted by Crippen LogP contribution is 2.14. The Morgan fingerprint density at radius 3 is 1.33 bits per heavy atom. The highest BCUT2D eigenvalue weighted by molar-refractivity contribution is 14.1. The summed E-state index contributed by atoms with van der Waals surface area (Å²) in [4.78, 5) is 0. The maximum absolute atomic E-state index is 9.12. The van der Waals surface area contributed by atoms with E-state index in [4.69, 9.17) is 5.11 Å². The molecular formula is C16H33IO. The Labute approximate surface area is 128 Å². The lowest BCUT2D eigenvalue weighted by Gasteiger charge is -2.03. The van der Waals surface area contributed by atoms with Gasteiger partial charge in [-0.3, -0.25) is 0 Å². The molecule has 0 aromatic rings. The van der Waals surface area contributed by atoms with Crippen molar-refractivity contribution in [3.63, 3.8) is 0 Å². The fourth-order valence-electron chi connectivity index (χ4n) is 2.33. The fraction of sp³-hybridized carbons (Fsp3) is 1.00. The lowest BCUT2D eigenvalue weighted by Crippen LogP contribution is -1.93. The molecule has 1 N–H and O–H groups in total. The smallest absolute Gasteiger partial charge is 0.105 e. The van der Waals surface area contributed by atoms with E-state index in [-0.39, 0.29) is 4.11 Å². The average Bonchev–Trinajstić information content (AvgIpc) is 2.34.